The van der Waals surface area contributed by atoms with Crippen LogP contribution in [0, 0.1) is 17.1 Å². The Balaban J connectivity index is 1.58. The molecule has 0 aromatic heterocycles. The normalized spacial score (nSPS) is 31.4. The Labute approximate surface area is 250 Å². The van der Waals surface area contributed by atoms with Crippen molar-refractivity contribution in [1.82, 2.24) is 5.32 Å². The zero-order valence-corrected chi connectivity index (χ0v) is 24.8. The summed E-state index contributed by atoms with van der Waals surface area (Å²) in [4.78, 5) is 0. The molecule has 0 radical (unpaired) electrons. The van der Waals surface area contributed by atoms with E-state index in [-0.39, 0.29) is 40.1 Å². The van der Waals surface area contributed by atoms with Crippen molar-refractivity contribution in [2.24, 2.45) is 0 Å². The topological polar surface area (TPSA) is 94.7 Å². The van der Waals surface area contributed by atoms with Crippen LogP contribution in [-0.2, 0) is 10.3 Å². The molecule has 5 atom stereocenters. The Morgan fingerprint density at radius 2 is 1.95 bits per heavy atom. The van der Waals surface area contributed by atoms with E-state index in [0.29, 0.717) is 24.9 Å². The Hall–Kier alpha value is -2.80. The Bertz CT molecular complexity index is 1410. The van der Waals surface area contributed by atoms with Crippen LogP contribution >= 0.6 is 11.6 Å². The van der Waals surface area contributed by atoms with Crippen molar-refractivity contribution in [3.8, 4) is 11.8 Å². The number of aliphatic hydroxyl groups is 2. The molecule has 0 spiro atoms. The number of hydrogen-bond acceptors (Lipinski definition) is 6. The summed E-state index contributed by atoms with van der Waals surface area (Å²) in [6.07, 6.45) is 2.10. The Morgan fingerprint density at radius 3 is 2.60 bits per heavy atom. The highest BCUT2D eigenvalue weighted by Gasteiger charge is 2.51. The number of benzene rings is 2. The summed E-state index contributed by atoms with van der Waals surface area (Å²) in [5.74, 6) is -0.967. The minimum Gasteiger partial charge on any atom is -0.480 e. The van der Waals surface area contributed by atoms with Crippen molar-refractivity contribution >= 4 is 17.2 Å². The Kier molecular flexibility index (Phi) is 8.80. The van der Waals surface area contributed by atoms with Gasteiger partial charge in [0.1, 0.15) is 17.7 Å². The molecular formula is C33H37ClF2N2O4. The van der Waals surface area contributed by atoms with Crippen molar-refractivity contribution in [2.75, 3.05) is 13.2 Å². The molecule has 1 heterocycles. The van der Waals surface area contributed by atoms with Crippen molar-refractivity contribution in [3.63, 3.8) is 0 Å². The highest BCUT2D eigenvalue weighted by atomic mass is 35.5. The smallest absolute Gasteiger partial charge is 0.157 e. The maximum Gasteiger partial charge on any atom is 0.157 e. The first-order valence-electron chi connectivity index (χ1n) is 14.5. The number of nitriles is 1. The van der Waals surface area contributed by atoms with Crippen LogP contribution < -0.4 is 10.1 Å². The second kappa shape index (κ2) is 12.1. The molecular weight excluding hydrogens is 562 g/mol. The average Bonchev–Trinajstić information content (AvgIpc) is 3.24. The van der Waals surface area contributed by atoms with Crippen LogP contribution in [0.2, 0.25) is 5.02 Å². The molecule has 3 aliphatic rings. The third-order valence-electron chi connectivity index (χ3n) is 8.85. The Morgan fingerprint density at radius 1 is 1.26 bits per heavy atom. The standard InChI is InChI=1S/C33H37ClF2N2O4/c1-19(39)17-41-25-10-9-21(16-37)28(31(25)36)29-27-20(2)33(22-7-5-4-6-8-22,42-26(27)15-24(35)30(29)34)18-38-23-11-13-32(3,40)14-12-23/h4-10,15,19-20,23,25,31,38-40H,11-14,17-18H2,1-3H3/t19-,20-,23-,25-,31?,32-,33-/m0/s1. The zero-order valence-electron chi connectivity index (χ0n) is 24.0. The molecule has 3 N–H and O–H groups in total. The molecule has 5 rings (SSSR count). The van der Waals surface area contributed by atoms with Gasteiger partial charge in [0.2, 0.25) is 0 Å². The van der Waals surface area contributed by atoms with Gasteiger partial charge in [-0.3, -0.25) is 0 Å². The molecule has 1 unspecified atom stereocenters. The minimum absolute atomic E-state index is 0.0193. The third kappa shape index (κ3) is 5.73. The number of halogens is 3. The van der Waals surface area contributed by atoms with Crippen LogP contribution in [0.1, 0.15) is 69.1 Å². The summed E-state index contributed by atoms with van der Waals surface area (Å²) in [7, 11) is 0. The summed E-state index contributed by atoms with van der Waals surface area (Å²) in [6.45, 7) is 5.60. The van der Waals surface area contributed by atoms with Gasteiger partial charge in [-0.05, 0) is 51.2 Å². The van der Waals surface area contributed by atoms with Crippen LogP contribution in [0.3, 0.4) is 0 Å². The zero-order chi connectivity index (χ0) is 30.2. The van der Waals surface area contributed by atoms with Crippen LogP contribution in [-0.4, -0.2) is 53.4 Å². The number of alkyl halides is 1. The maximum atomic E-state index is 16.2. The molecule has 6 nitrogen and oxygen atoms in total. The molecule has 2 aromatic rings. The molecule has 9 heteroatoms. The quantitative estimate of drug-likeness (QED) is 0.340. The lowest BCUT2D eigenvalue weighted by Crippen LogP contribution is -2.49. The molecule has 1 aliphatic heterocycles. The molecule has 0 amide bonds. The minimum atomic E-state index is -1.83. The maximum absolute atomic E-state index is 16.2. The molecule has 224 valence electrons. The first-order valence-corrected chi connectivity index (χ1v) is 14.8. The van der Waals surface area contributed by atoms with Gasteiger partial charge in [0.25, 0.3) is 0 Å². The van der Waals surface area contributed by atoms with E-state index in [4.69, 9.17) is 21.1 Å². The lowest BCUT2D eigenvalue weighted by molar-refractivity contribution is -0.00406. The van der Waals surface area contributed by atoms with Crippen LogP contribution in [0.15, 0.2) is 54.1 Å². The van der Waals surface area contributed by atoms with Gasteiger partial charge < -0.3 is 25.0 Å². The van der Waals surface area contributed by atoms with Gasteiger partial charge in [-0.15, -0.1) is 0 Å². The van der Waals surface area contributed by atoms with E-state index in [2.05, 4.69) is 5.32 Å². The fourth-order valence-electron chi connectivity index (χ4n) is 6.42. The van der Waals surface area contributed by atoms with Crippen LogP contribution in [0.5, 0.6) is 5.75 Å². The second-order valence-electron chi connectivity index (χ2n) is 12.0. The first kappa shape index (κ1) is 30.7. The second-order valence-corrected chi connectivity index (χ2v) is 12.4. The number of allylic oxidation sites excluding steroid dienone is 2. The highest BCUT2D eigenvalue weighted by molar-refractivity contribution is 6.33. The predicted molar refractivity (Wildman–Crippen MR) is 157 cm³/mol. The van der Waals surface area contributed by atoms with Gasteiger partial charge in [0.15, 0.2) is 11.8 Å². The average molecular weight is 599 g/mol. The summed E-state index contributed by atoms with van der Waals surface area (Å²) in [5, 5.41) is 33.4. The van der Waals surface area contributed by atoms with Gasteiger partial charge >= 0.3 is 0 Å². The van der Waals surface area contributed by atoms with Gasteiger partial charge in [-0.25, -0.2) is 8.78 Å². The third-order valence-corrected chi connectivity index (χ3v) is 9.22. The van der Waals surface area contributed by atoms with Crippen molar-refractivity contribution in [1.29, 1.82) is 5.26 Å². The summed E-state index contributed by atoms with van der Waals surface area (Å²) < 4.78 is 44.0. The summed E-state index contributed by atoms with van der Waals surface area (Å²) in [5.41, 5.74) is -0.213. The highest BCUT2D eigenvalue weighted by Crippen LogP contribution is 2.55. The van der Waals surface area contributed by atoms with E-state index >= 15 is 8.78 Å². The summed E-state index contributed by atoms with van der Waals surface area (Å²) >= 11 is 6.62. The number of nitrogens with zero attached hydrogens (tertiary/aromatic N) is 1. The number of nitrogens with one attached hydrogen (secondary N) is 1. The monoisotopic (exact) mass is 598 g/mol. The lowest BCUT2D eigenvalue weighted by atomic mass is 9.76. The molecule has 1 saturated carbocycles. The molecule has 2 aliphatic carbocycles. The van der Waals surface area contributed by atoms with E-state index < -0.39 is 41.3 Å². The van der Waals surface area contributed by atoms with Gasteiger partial charge in [-0.1, -0.05) is 54.9 Å². The molecule has 0 saturated heterocycles. The number of ether oxygens (including phenoxy) is 2. The van der Waals surface area contributed by atoms with Gasteiger partial charge in [0, 0.05) is 41.3 Å². The van der Waals surface area contributed by atoms with Crippen molar-refractivity contribution in [3.05, 3.63) is 81.7 Å². The number of fused-ring (bicyclic) bond motifs is 1. The number of rotatable bonds is 8. The predicted octanol–water partition coefficient (Wildman–Crippen LogP) is 6.10. The lowest BCUT2D eigenvalue weighted by Gasteiger charge is -2.38. The molecule has 0 bridgehead atoms. The van der Waals surface area contributed by atoms with Crippen molar-refractivity contribution < 1.29 is 28.5 Å². The van der Waals surface area contributed by atoms with E-state index in [1.54, 1.807) is 0 Å². The fourth-order valence-corrected chi connectivity index (χ4v) is 6.68. The number of aliphatic hydroxyl groups excluding tert-OH is 1. The first-order chi connectivity index (χ1) is 20.0. The number of hydrogen-bond donors (Lipinski definition) is 3. The molecule has 2 aromatic carbocycles. The SMILES string of the molecule is C[C@H](O)CO[C@H]1C=CC(C#N)=C(c2c(Cl)c(F)cc3c2[C@H](C)[C@@](CN[C@H]2CC[C@](C)(O)CC2)(c2ccccc2)O3)C1F. The molecule has 1 fully saturated rings. The summed E-state index contributed by atoms with van der Waals surface area (Å²) in [6, 6.07) is 13.1. The van der Waals surface area contributed by atoms with E-state index in [9.17, 15) is 15.5 Å². The van der Waals surface area contributed by atoms with E-state index in [0.717, 1.165) is 18.4 Å². The fraction of sp³-hybridized carbons (Fsp3) is 0.485. The largest absolute Gasteiger partial charge is 0.480 e. The van der Waals surface area contributed by atoms with Crippen molar-refractivity contribution in [2.45, 2.75) is 88.0 Å². The van der Waals surface area contributed by atoms with Gasteiger partial charge in [0.05, 0.1) is 35.0 Å². The van der Waals surface area contributed by atoms with Gasteiger partial charge in [-0.2, -0.15) is 5.26 Å². The van der Waals surface area contributed by atoms with Crippen LogP contribution in [0.25, 0.3) is 5.57 Å². The van der Waals surface area contributed by atoms with E-state index in [1.807, 2.05) is 50.2 Å². The van der Waals surface area contributed by atoms with E-state index in [1.165, 1.54) is 25.1 Å². The van der Waals surface area contributed by atoms with Crippen LogP contribution in [0.4, 0.5) is 8.78 Å². The molecule has 42 heavy (non-hydrogen) atoms.